The molecule has 0 amide bonds. The number of benzene rings is 1. The van der Waals surface area contributed by atoms with Gasteiger partial charge in [-0.1, -0.05) is 15.9 Å². The van der Waals surface area contributed by atoms with Crippen molar-refractivity contribution in [2.24, 2.45) is 5.92 Å². The lowest BCUT2D eigenvalue weighted by molar-refractivity contribution is 0.116. The van der Waals surface area contributed by atoms with E-state index in [4.69, 9.17) is 4.74 Å². The van der Waals surface area contributed by atoms with Gasteiger partial charge in [0, 0.05) is 11.0 Å². The average Bonchev–Trinajstić information content (AvgIpc) is 2.45. The molecule has 4 heteroatoms. The summed E-state index contributed by atoms with van der Waals surface area (Å²) in [5, 5.41) is 9.31. The molecule has 20 heavy (non-hydrogen) atoms. The molecule has 0 radical (unpaired) electrons. The summed E-state index contributed by atoms with van der Waals surface area (Å²) in [7, 11) is 0. The second-order valence-corrected chi connectivity index (χ2v) is 6.60. The molecule has 0 aliphatic carbocycles. The van der Waals surface area contributed by atoms with Crippen LogP contribution in [0.15, 0.2) is 28.7 Å². The maximum Gasteiger partial charge on any atom is 0.119 e. The van der Waals surface area contributed by atoms with Crippen LogP contribution in [0.2, 0.25) is 0 Å². The van der Waals surface area contributed by atoms with Gasteiger partial charge in [-0.05, 0) is 69.5 Å². The molecule has 1 N–H and O–H groups in total. The summed E-state index contributed by atoms with van der Waals surface area (Å²) in [5.41, 5.74) is 0. The largest absolute Gasteiger partial charge is 0.493 e. The van der Waals surface area contributed by atoms with Gasteiger partial charge in [-0.25, -0.2) is 0 Å². The van der Waals surface area contributed by atoms with Crippen molar-refractivity contribution in [2.45, 2.75) is 32.3 Å². The second-order valence-electron chi connectivity index (χ2n) is 5.69. The van der Waals surface area contributed by atoms with Gasteiger partial charge in [0.2, 0.25) is 0 Å². The third kappa shape index (κ3) is 5.43. The molecule has 1 aliphatic rings. The summed E-state index contributed by atoms with van der Waals surface area (Å²) in [6.45, 7) is 5.94. The maximum absolute atomic E-state index is 9.31. The summed E-state index contributed by atoms with van der Waals surface area (Å²) >= 11 is 3.43. The van der Waals surface area contributed by atoms with Crippen LogP contribution in [0, 0.1) is 5.92 Å². The quantitative estimate of drug-likeness (QED) is 0.861. The second kappa shape index (κ2) is 8.01. The van der Waals surface area contributed by atoms with E-state index in [9.17, 15) is 5.11 Å². The maximum atomic E-state index is 9.31. The lowest BCUT2D eigenvalue weighted by Gasteiger charge is -2.32. The zero-order valence-corrected chi connectivity index (χ0v) is 13.7. The Balaban J connectivity index is 1.65. The zero-order valence-electron chi connectivity index (χ0n) is 12.1. The van der Waals surface area contributed by atoms with Gasteiger partial charge >= 0.3 is 0 Å². The normalized spacial score (nSPS) is 18.9. The molecule has 0 aromatic heterocycles. The SMILES string of the molecule is CC(O)CCN1CCC(COc2ccc(Br)cc2)CC1. The Morgan fingerprint density at radius 1 is 1.30 bits per heavy atom. The van der Waals surface area contributed by atoms with Crippen LogP contribution in [0.1, 0.15) is 26.2 Å². The van der Waals surface area contributed by atoms with E-state index in [1.807, 2.05) is 31.2 Å². The van der Waals surface area contributed by atoms with Crippen molar-refractivity contribution in [3.8, 4) is 5.75 Å². The molecule has 1 aliphatic heterocycles. The number of hydrogen-bond donors (Lipinski definition) is 1. The molecule has 0 saturated carbocycles. The van der Waals surface area contributed by atoms with Crippen molar-refractivity contribution in [1.29, 1.82) is 0 Å². The standard InChI is InChI=1S/C16H24BrNO2/c1-13(19)6-9-18-10-7-14(8-11-18)12-20-16-4-2-15(17)3-5-16/h2-5,13-14,19H,6-12H2,1H3. The first-order valence-electron chi connectivity index (χ1n) is 7.42. The zero-order chi connectivity index (χ0) is 14.4. The predicted octanol–water partition coefficient (Wildman–Crippen LogP) is 3.31. The van der Waals surface area contributed by atoms with Crippen molar-refractivity contribution < 1.29 is 9.84 Å². The Bertz CT molecular complexity index is 386. The molecule has 0 bridgehead atoms. The van der Waals surface area contributed by atoms with Crippen LogP contribution < -0.4 is 4.74 Å². The Morgan fingerprint density at radius 2 is 1.95 bits per heavy atom. The predicted molar refractivity (Wildman–Crippen MR) is 85.1 cm³/mol. The van der Waals surface area contributed by atoms with Gasteiger partial charge in [0.05, 0.1) is 12.7 Å². The van der Waals surface area contributed by atoms with Gasteiger partial charge in [0.15, 0.2) is 0 Å². The molecule has 0 spiro atoms. The topological polar surface area (TPSA) is 32.7 Å². The molecule has 1 atom stereocenters. The Morgan fingerprint density at radius 3 is 2.55 bits per heavy atom. The molecule has 1 fully saturated rings. The highest BCUT2D eigenvalue weighted by Gasteiger charge is 2.19. The lowest BCUT2D eigenvalue weighted by atomic mass is 9.97. The van der Waals surface area contributed by atoms with E-state index < -0.39 is 0 Å². The molecular formula is C16H24BrNO2. The van der Waals surface area contributed by atoms with Crippen molar-refractivity contribution >= 4 is 15.9 Å². The molecule has 112 valence electrons. The van der Waals surface area contributed by atoms with E-state index in [2.05, 4.69) is 20.8 Å². The van der Waals surface area contributed by atoms with Crippen LogP contribution in [-0.4, -0.2) is 42.4 Å². The van der Waals surface area contributed by atoms with Crippen molar-refractivity contribution in [1.82, 2.24) is 4.90 Å². The van der Waals surface area contributed by atoms with Crippen LogP contribution in [0.3, 0.4) is 0 Å². The fraction of sp³-hybridized carbons (Fsp3) is 0.625. The average molecular weight is 342 g/mol. The molecule has 1 saturated heterocycles. The number of halogens is 1. The smallest absolute Gasteiger partial charge is 0.119 e. The highest BCUT2D eigenvalue weighted by atomic mass is 79.9. The van der Waals surface area contributed by atoms with Gasteiger partial charge < -0.3 is 14.7 Å². The number of rotatable bonds is 6. The number of nitrogens with zero attached hydrogens (tertiary/aromatic N) is 1. The summed E-state index contributed by atoms with van der Waals surface area (Å²) in [4.78, 5) is 2.45. The van der Waals surface area contributed by atoms with E-state index in [0.717, 1.165) is 42.9 Å². The number of aliphatic hydroxyl groups excluding tert-OH is 1. The minimum absolute atomic E-state index is 0.187. The first kappa shape index (κ1) is 15.8. The van der Waals surface area contributed by atoms with Crippen molar-refractivity contribution in [3.63, 3.8) is 0 Å². The molecule has 1 heterocycles. The first-order valence-corrected chi connectivity index (χ1v) is 8.21. The summed E-state index contributed by atoms with van der Waals surface area (Å²) < 4.78 is 6.93. The molecular weight excluding hydrogens is 318 g/mol. The number of likely N-dealkylation sites (tertiary alicyclic amines) is 1. The van der Waals surface area contributed by atoms with Crippen LogP contribution >= 0.6 is 15.9 Å². The molecule has 2 rings (SSSR count). The third-order valence-corrected chi connectivity index (χ3v) is 4.40. The van der Waals surface area contributed by atoms with E-state index in [-0.39, 0.29) is 6.10 Å². The lowest BCUT2D eigenvalue weighted by Crippen LogP contribution is -2.36. The van der Waals surface area contributed by atoms with Crippen LogP contribution in [0.4, 0.5) is 0 Å². The summed E-state index contributed by atoms with van der Waals surface area (Å²) in [6, 6.07) is 8.02. The van der Waals surface area contributed by atoms with Crippen LogP contribution in [0.5, 0.6) is 5.75 Å². The fourth-order valence-electron chi connectivity index (χ4n) is 2.49. The number of aliphatic hydroxyl groups is 1. The van der Waals surface area contributed by atoms with Gasteiger partial charge in [-0.3, -0.25) is 0 Å². The van der Waals surface area contributed by atoms with Crippen molar-refractivity contribution in [2.75, 3.05) is 26.2 Å². The number of ether oxygens (including phenoxy) is 1. The highest BCUT2D eigenvalue weighted by molar-refractivity contribution is 9.10. The first-order chi connectivity index (χ1) is 9.63. The van der Waals surface area contributed by atoms with E-state index in [1.165, 1.54) is 12.8 Å². The van der Waals surface area contributed by atoms with E-state index in [1.54, 1.807) is 0 Å². The van der Waals surface area contributed by atoms with Gasteiger partial charge in [-0.15, -0.1) is 0 Å². The van der Waals surface area contributed by atoms with Gasteiger partial charge in [0.25, 0.3) is 0 Å². The molecule has 1 aromatic carbocycles. The van der Waals surface area contributed by atoms with E-state index >= 15 is 0 Å². The Labute approximate surface area is 130 Å². The molecule has 1 unspecified atom stereocenters. The van der Waals surface area contributed by atoms with Crippen LogP contribution in [0.25, 0.3) is 0 Å². The summed E-state index contributed by atoms with van der Waals surface area (Å²) in [6.07, 6.45) is 3.07. The highest BCUT2D eigenvalue weighted by Crippen LogP contribution is 2.21. The minimum Gasteiger partial charge on any atom is -0.493 e. The third-order valence-electron chi connectivity index (χ3n) is 3.87. The van der Waals surface area contributed by atoms with Gasteiger partial charge in [-0.2, -0.15) is 0 Å². The molecule has 3 nitrogen and oxygen atoms in total. The van der Waals surface area contributed by atoms with E-state index in [0.29, 0.717) is 5.92 Å². The monoisotopic (exact) mass is 341 g/mol. The minimum atomic E-state index is -0.187. The number of piperidine rings is 1. The Hall–Kier alpha value is -0.580. The van der Waals surface area contributed by atoms with Crippen molar-refractivity contribution in [3.05, 3.63) is 28.7 Å². The summed E-state index contributed by atoms with van der Waals surface area (Å²) in [5.74, 6) is 1.60. The number of hydrogen-bond acceptors (Lipinski definition) is 3. The Kier molecular flexibility index (Phi) is 6.33. The van der Waals surface area contributed by atoms with Crippen LogP contribution in [-0.2, 0) is 0 Å². The van der Waals surface area contributed by atoms with Gasteiger partial charge in [0.1, 0.15) is 5.75 Å². The fourth-order valence-corrected chi connectivity index (χ4v) is 2.76. The molecule has 1 aromatic rings.